The number of nitrogens with zero attached hydrogens (tertiary/aromatic N) is 1. The molecule has 0 aromatic heterocycles. The zero-order valence-electron chi connectivity index (χ0n) is 12.0. The highest BCUT2D eigenvalue weighted by Gasteiger charge is 2.24. The molecule has 0 unspecified atom stereocenters. The predicted octanol–water partition coefficient (Wildman–Crippen LogP) is 0.789. The normalized spacial score (nSPS) is 20.1. The van der Waals surface area contributed by atoms with Crippen LogP contribution in [0.25, 0.3) is 0 Å². The van der Waals surface area contributed by atoms with Crippen LogP contribution >= 0.6 is 0 Å². The van der Waals surface area contributed by atoms with Crippen molar-refractivity contribution >= 4 is 15.7 Å². The number of hydrogen-bond donors (Lipinski definition) is 1. The fourth-order valence-corrected chi connectivity index (χ4v) is 3.58. The zero-order valence-corrected chi connectivity index (χ0v) is 12.8. The van der Waals surface area contributed by atoms with Crippen molar-refractivity contribution in [2.24, 2.45) is 11.1 Å². The van der Waals surface area contributed by atoms with E-state index in [1.54, 1.807) is 4.90 Å². The fourth-order valence-electron chi connectivity index (χ4n) is 2.31. The van der Waals surface area contributed by atoms with Gasteiger partial charge in [-0.1, -0.05) is 13.8 Å². The van der Waals surface area contributed by atoms with Crippen LogP contribution in [-0.4, -0.2) is 50.4 Å². The lowest BCUT2D eigenvalue weighted by Gasteiger charge is -2.26. The van der Waals surface area contributed by atoms with Gasteiger partial charge < -0.3 is 10.6 Å². The van der Waals surface area contributed by atoms with Gasteiger partial charge >= 0.3 is 0 Å². The summed E-state index contributed by atoms with van der Waals surface area (Å²) in [5, 5.41) is 0. The van der Waals surface area contributed by atoms with Crippen molar-refractivity contribution in [3.05, 3.63) is 0 Å². The number of amides is 1. The van der Waals surface area contributed by atoms with Crippen molar-refractivity contribution < 1.29 is 13.2 Å². The summed E-state index contributed by atoms with van der Waals surface area (Å²) in [5.41, 5.74) is 5.62. The standard InChI is InChI=1S/C13H26N2O3S/c1-13(2,6-7-14)5-4-12(16)15-8-3-10-19(17,18)11-9-15/h3-11,14H2,1-2H3. The smallest absolute Gasteiger partial charge is 0.222 e. The van der Waals surface area contributed by atoms with E-state index < -0.39 is 9.84 Å². The second-order valence-corrected chi connectivity index (χ2v) is 8.39. The first kappa shape index (κ1) is 16.4. The van der Waals surface area contributed by atoms with E-state index in [1.807, 2.05) is 0 Å². The fraction of sp³-hybridized carbons (Fsp3) is 0.923. The second kappa shape index (κ2) is 6.70. The van der Waals surface area contributed by atoms with Gasteiger partial charge in [-0.15, -0.1) is 0 Å². The van der Waals surface area contributed by atoms with Gasteiger partial charge in [-0.25, -0.2) is 8.42 Å². The zero-order chi connectivity index (χ0) is 14.5. The lowest BCUT2D eigenvalue weighted by Crippen LogP contribution is -2.34. The Morgan fingerprint density at radius 1 is 1.21 bits per heavy atom. The third-order valence-electron chi connectivity index (χ3n) is 3.75. The van der Waals surface area contributed by atoms with Gasteiger partial charge in [0.15, 0.2) is 9.84 Å². The van der Waals surface area contributed by atoms with E-state index in [0.29, 0.717) is 32.5 Å². The van der Waals surface area contributed by atoms with Crippen molar-refractivity contribution in [1.82, 2.24) is 4.90 Å². The molecule has 0 aromatic carbocycles. The Morgan fingerprint density at radius 2 is 1.89 bits per heavy atom. The van der Waals surface area contributed by atoms with Crippen LogP contribution < -0.4 is 5.73 Å². The first-order valence-electron chi connectivity index (χ1n) is 6.94. The Kier molecular flexibility index (Phi) is 5.80. The minimum Gasteiger partial charge on any atom is -0.342 e. The molecule has 0 bridgehead atoms. The topological polar surface area (TPSA) is 80.5 Å². The summed E-state index contributed by atoms with van der Waals surface area (Å²) in [6, 6.07) is 0. The lowest BCUT2D eigenvalue weighted by atomic mass is 9.84. The van der Waals surface area contributed by atoms with Crippen LogP contribution in [0.1, 0.15) is 39.5 Å². The molecule has 2 N–H and O–H groups in total. The average Bonchev–Trinajstić information content (AvgIpc) is 2.47. The molecule has 1 aliphatic rings. The molecule has 1 aliphatic heterocycles. The Hall–Kier alpha value is -0.620. The molecule has 0 atom stereocenters. The van der Waals surface area contributed by atoms with Crippen LogP contribution in [0.4, 0.5) is 0 Å². The van der Waals surface area contributed by atoms with Gasteiger partial charge in [0.05, 0.1) is 11.5 Å². The average molecular weight is 290 g/mol. The van der Waals surface area contributed by atoms with Crippen LogP contribution in [0, 0.1) is 5.41 Å². The van der Waals surface area contributed by atoms with Gasteiger partial charge in [-0.3, -0.25) is 4.79 Å². The molecule has 6 heteroatoms. The van der Waals surface area contributed by atoms with E-state index in [9.17, 15) is 13.2 Å². The molecule has 1 amide bonds. The highest BCUT2D eigenvalue weighted by atomic mass is 32.2. The largest absolute Gasteiger partial charge is 0.342 e. The number of sulfone groups is 1. The first-order chi connectivity index (χ1) is 8.76. The van der Waals surface area contributed by atoms with Gasteiger partial charge in [0.25, 0.3) is 0 Å². The molecule has 0 aliphatic carbocycles. The van der Waals surface area contributed by atoms with Crippen LogP contribution in [0.15, 0.2) is 0 Å². The van der Waals surface area contributed by atoms with Gasteiger partial charge in [0, 0.05) is 19.5 Å². The maximum atomic E-state index is 12.1. The molecule has 0 aromatic rings. The molecular formula is C13H26N2O3S. The maximum absolute atomic E-state index is 12.1. The number of carbonyl (C=O) groups excluding carboxylic acids is 1. The van der Waals surface area contributed by atoms with E-state index in [1.165, 1.54) is 0 Å². The summed E-state index contributed by atoms with van der Waals surface area (Å²) >= 11 is 0. The molecule has 1 saturated heterocycles. The highest BCUT2D eigenvalue weighted by Crippen LogP contribution is 2.26. The summed E-state index contributed by atoms with van der Waals surface area (Å²) in [6.07, 6.45) is 2.73. The third kappa shape index (κ3) is 5.91. The van der Waals surface area contributed by atoms with Gasteiger partial charge in [-0.2, -0.15) is 0 Å². The molecule has 0 saturated carbocycles. The van der Waals surface area contributed by atoms with Gasteiger partial charge in [0.2, 0.25) is 5.91 Å². The molecule has 1 heterocycles. The van der Waals surface area contributed by atoms with E-state index in [-0.39, 0.29) is 22.8 Å². The Labute approximate surface area is 116 Å². The molecule has 1 rings (SSSR count). The van der Waals surface area contributed by atoms with Crippen molar-refractivity contribution in [2.75, 3.05) is 31.1 Å². The summed E-state index contributed by atoms with van der Waals surface area (Å²) in [4.78, 5) is 13.8. The minimum atomic E-state index is -2.95. The Bertz CT molecular complexity index is 404. The predicted molar refractivity (Wildman–Crippen MR) is 76.5 cm³/mol. The Morgan fingerprint density at radius 3 is 2.53 bits per heavy atom. The second-order valence-electron chi connectivity index (χ2n) is 6.09. The van der Waals surface area contributed by atoms with Crippen LogP contribution in [0.3, 0.4) is 0 Å². The number of carbonyl (C=O) groups is 1. The monoisotopic (exact) mass is 290 g/mol. The SMILES string of the molecule is CC(C)(CCN)CCC(=O)N1CCCS(=O)(=O)CC1. The molecular weight excluding hydrogens is 264 g/mol. The van der Waals surface area contributed by atoms with Crippen molar-refractivity contribution in [1.29, 1.82) is 0 Å². The quantitative estimate of drug-likeness (QED) is 0.811. The molecule has 19 heavy (non-hydrogen) atoms. The van der Waals surface area contributed by atoms with Crippen molar-refractivity contribution in [2.45, 2.75) is 39.5 Å². The van der Waals surface area contributed by atoms with Crippen LogP contribution in [0.2, 0.25) is 0 Å². The van der Waals surface area contributed by atoms with Crippen LogP contribution in [0.5, 0.6) is 0 Å². The van der Waals surface area contributed by atoms with E-state index in [2.05, 4.69) is 13.8 Å². The van der Waals surface area contributed by atoms with E-state index in [4.69, 9.17) is 5.73 Å². The molecule has 112 valence electrons. The third-order valence-corrected chi connectivity index (χ3v) is 5.46. The highest BCUT2D eigenvalue weighted by molar-refractivity contribution is 7.91. The van der Waals surface area contributed by atoms with Crippen molar-refractivity contribution in [3.63, 3.8) is 0 Å². The minimum absolute atomic E-state index is 0.0715. The molecule has 1 fully saturated rings. The number of hydrogen-bond acceptors (Lipinski definition) is 4. The van der Waals surface area contributed by atoms with Gasteiger partial charge in [-0.05, 0) is 31.2 Å². The first-order valence-corrected chi connectivity index (χ1v) is 8.76. The Balaban J connectivity index is 2.46. The van der Waals surface area contributed by atoms with E-state index >= 15 is 0 Å². The lowest BCUT2D eigenvalue weighted by molar-refractivity contribution is -0.131. The summed E-state index contributed by atoms with van der Waals surface area (Å²) in [6.45, 7) is 5.76. The number of nitrogens with two attached hydrogens (primary N) is 1. The van der Waals surface area contributed by atoms with Crippen LogP contribution in [-0.2, 0) is 14.6 Å². The summed E-state index contributed by atoms with van der Waals surface area (Å²) < 4.78 is 23.0. The number of rotatable bonds is 5. The van der Waals surface area contributed by atoms with Crippen molar-refractivity contribution in [3.8, 4) is 0 Å². The molecule has 0 radical (unpaired) electrons. The maximum Gasteiger partial charge on any atom is 0.222 e. The molecule has 5 nitrogen and oxygen atoms in total. The molecule has 0 spiro atoms. The van der Waals surface area contributed by atoms with E-state index in [0.717, 1.165) is 12.8 Å². The summed E-state index contributed by atoms with van der Waals surface area (Å²) in [7, 11) is -2.95. The van der Waals surface area contributed by atoms with Gasteiger partial charge in [0.1, 0.15) is 0 Å². The summed E-state index contributed by atoms with van der Waals surface area (Å²) in [5.74, 6) is 0.377.